The molecule has 0 amide bonds. The number of nitrogens with zero attached hydrogens (tertiary/aromatic N) is 4. The van der Waals surface area contributed by atoms with Crippen LogP contribution in [0, 0.1) is 0 Å². The predicted molar refractivity (Wildman–Crippen MR) is 117 cm³/mol. The van der Waals surface area contributed by atoms with E-state index in [1.165, 1.54) is 10.9 Å². The second kappa shape index (κ2) is 9.12. The van der Waals surface area contributed by atoms with E-state index >= 15 is 0 Å². The van der Waals surface area contributed by atoms with E-state index in [9.17, 15) is 24.9 Å². The van der Waals surface area contributed by atoms with Gasteiger partial charge >= 0.3 is 11.9 Å². The zero-order valence-corrected chi connectivity index (χ0v) is 18.2. The molecule has 14 heteroatoms. The van der Waals surface area contributed by atoms with Crippen molar-refractivity contribution in [2.45, 2.75) is 36.5 Å². The van der Waals surface area contributed by atoms with Crippen LogP contribution in [0.3, 0.4) is 0 Å². The lowest BCUT2D eigenvalue weighted by Gasteiger charge is -2.27. The van der Waals surface area contributed by atoms with E-state index in [1.54, 1.807) is 30.3 Å². The van der Waals surface area contributed by atoms with Gasteiger partial charge in [-0.2, -0.15) is 9.97 Å². The average Bonchev–Trinajstić information content (AvgIpc) is 3.33. The largest absolute Gasteiger partial charge is 0.479 e. The van der Waals surface area contributed by atoms with Crippen molar-refractivity contribution in [2.24, 2.45) is 5.73 Å². The number of anilines is 1. The predicted octanol–water partition coefficient (Wildman–Crippen LogP) is -0.185. The molecular weight excluding hydrogens is 472 g/mol. The van der Waals surface area contributed by atoms with E-state index in [4.69, 9.17) is 32.5 Å². The third kappa shape index (κ3) is 4.15. The van der Waals surface area contributed by atoms with E-state index < -0.39 is 55.0 Å². The number of aromatic nitrogens is 4. The Hall–Kier alpha value is -3.36. The third-order valence-corrected chi connectivity index (χ3v) is 5.78. The molecule has 0 spiro atoms. The van der Waals surface area contributed by atoms with Gasteiger partial charge in [-0.25, -0.2) is 14.6 Å². The normalized spacial score (nSPS) is 22.8. The van der Waals surface area contributed by atoms with Crippen LogP contribution in [-0.2, 0) is 25.5 Å². The number of fused-ring (bicyclic) bond motifs is 1. The average molecular weight is 493 g/mol. The van der Waals surface area contributed by atoms with Crippen molar-refractivity contribution in [2.75, 3.05) is 12.3 Å². The van der Waals surface area contributed by atoms with Gasteiger partial charge in [0.25, 0.3) is 5.60 Å². The Bertz CT molecular complexity index is 1210. The van der Waals surface area contributed by atoms with Crippen LogP contribution in [0.5, 0.6) is 0 Å². The summed E-state index contributed by atoms with van der Waals surface area (Å²) < 4.78 is 12.6. The fraction of sp³-hybridized carbons (Fsp3) is 0.350. The van der Waals surface area contributed by atoms with Crippen LogP contribution in [0.2, 0.25) is 5.28 Å². The minimum atomic E-state index is -2.59. The smallest absolute Gasteiger partial charge is 0.348 e. The molecule has 0 radical (unpaired) electrons. The molecule has 13 nitrogen and oxygen atoms in total. The van der Waals surface area contributed by atoms with Crippen LogP contribution in [0.1, 0.15) is 11.8 Å². The first-order valence-electron chi connectivity index (χ1n) is 10.0. The summed E-state index contributed by atoms with van der Waals surface area (Å²) in [6, 6.07) is 7.15. The van der Waals surface area contributed by atoms with Crippen molar-refractivity contribution >= 4 is 40.5 Å². The van der Waals surface area contributed by atoms with Gasteiger partial charge in [-0.1, -0.05) is 30.3 Å². The fourth-order valence-corrected chi connectivity index (χ4v) is 3.93. The van der Waals surface area contributed by atoms with Crippen molar-refractivity contribution in [1.29, 1.82) is 0 Å². The first kappa shape index (κ1) is 23.8. The first-order chi connectivity index (χ1) is 16.1. The van der Waals surface area contributed by atoms with Crippen LogP contribution < -0.4 is 11.5 Å². The Balaban J connectivity index is 1.57. The molecule has 7 N–H and O–H groups in total. The number of benzene rings is 1. The standard InChI is InChI=1S/C20H21ClN6O7/c21-19-25-14(23)12-15(26-19)27(8-24-12)16-13(28)11(22)10(34-16)7-33-20(17(29)30,18(31)32)6-9-4-2-1-3-5-9/h1-5,8,10-11,13,16,28H,6-7,22H2,(H,29,30)(H,31,32)(H2,23,25,26)/t10-,11-,13-,16-/m1/s1. The maximum absolute atomic E-state index is 12.0. The molecular formula is C20H21ClN6O7. The van der Waals surface area contributed by atoms with Gasteiger partial charge in [0.2, 0.25) is 5.28 Å². The summed E-state index contributed by atoms with van der Waals surface area (Å²) in [5, 5.41) is 30.0. The molecule has 0 aliphatic carbocycles. The molecule has 0 unspecified atom stereocenters. The molecule has 1 aliphatic rings. The Morgan fingerprint density at radius 2 is 1.88 bits per heavy atom. The maximum Gasteiger partial charge on any atom is 0.348 e. The molecule has 3 aromatic rings. The fourth-order valence-electron chi connectivity index (χ4n) is 3.76. The molecule has 2 aromatic heterocycles. The molecule has 1 aliphatic heterocycles. The molecule has 0 saturated carbocycles. The van der Waals surface area contributed by atoms with Crippen molar-refractivity contribution in [3.8, 4) is 0 Å². The Labute approximate surface area is 196 Å². The van der Waals surface area contributed by atoms with E-state index in [0.29, 0.717) is 5.56 Å². The minimum Gasteiger partial charge on any atom is -0.479 e. The molecule has 1 fully saturated rings. The number of aliphatic hydroxyl groups is 1. The number of ether oxygens (including phenoxy) is 2. The van der Waals surface area contributed by atoms with E-state index in [-0.39, 0.29) is 22.3 Å². The van der Waals surface area contributed by atoms with Crippen molar-refractivity contribution < 1.29 is 34.4 Å². The van der Waals surface area contributed by atoms with Gasteiger partial charge in [-0.05, 0) is 17.2 Å². The lowest BCUT2D eigenvalue weighted by molar-refractivity contribution is -0.188. The number of nitrogens with two attached hydrogens (primary N) is 2. The second-order valence-electron chi connectivity index (χ2n) is 7.75. The molecule has 4 rings (SSSR count). The molecule has 1 saturated heterocycles. The quantitative estimate of drug-likeness (QED) is 0.205. The summed E-state index contributed by atoms with van der Waals surface area (Å²) in [5.74, 6) is -3.34. The van der Waals surface area contributed by atoms with Crippen LogP contribution >= 0.6 is 11.6 Å². The van der Waals surface area contributed by atoms with Crippen molar-refractivity contribution in [3.05, 3.63) is 47.5 Å². The first-order valence-corrected chi connectivity index (χ1v) is 10.4. The highest BCUT2D eigenvalue weighted by Gasteiger charge is 2.51. The van der Waals surface area contributed by atoms with Crippen molar-refractivity contribution in [1.82, 2.24) is 19.5 Å². The number of nitrogen functional groups attached to an aromatic ring is 1. The highest BCUT2D eigenvalue weighted by atomic mass is 35.5. The molecule has 0 bridgehead atoms. The number of carbonyl (C=O) groups is 2. The number of hydrogen-bond donors (Lipinski definition) is 5. The summed E-state index contributed by atoms with van der Waals surface area (Å²) in [4.78, 5) is 36.0. The summed E-state index contributed by atoms with van der Waals surface area (Å²) >= 11 is 5.88. The number of rotatable bonds is 8. The maximum atomic E-state index is 12.0. The van der Waals surface area contributed by atoms with Crippen LogP contribution in [0.4, 0.5) is 5.82 Å². The molecule has 4 atom stereocenters. The highest BCUT2D eigenvalue weighted by Crippen LogP contribution is 2.33. The number of imidazole rings is 1. The minimum absolute atomic E-state index is 0.0269. The topological polar surface area (TPSA) is 209 Å². The van der Waals surface area contributed by atoms with Gasteiger partial charge < -0.3 is 36.3 Å². The summed E-state index contributed by atoms with van der Waals surface area (Å²) in [5.41, 5.74) is 10.2. The zero-order valence-electron chi connectivity index (χ0n) is 17.5. The second-order valence-corrected chi connectivity index (χ2v) is 8.08. The zero-order chi connectivity index (χ0) is 24.6. The number of halogens is 1. The lowest BCUT2D eigenvalue weighted by Crippen LogP contribution is -2.53. The van der Waals surface area contributed by atoms with Gasteiger partial charge in [0.05, 0.1) is 19.0 Å². The number of carboxylic acid groups (broad SMARTS) is 2. The van der Waals surface area contributed by atoms with Crippen molar-refractivity contribution in [3.63, 3.8) is 0 Å². The SMILES string of the molecule is Nc1nc(Cl)nc2c1ncn2[C@@H]1O[C@H](COC(Cc2ccccc2)(C(=O)O)C(=O)O)[C@@H](N)[C@H]1O. The number of aliphatic carboxylic acids is 2. The Morgan fingerprint density at radius 3 is 2.53 bits per heavy atom. The third-order valence-electron chi connectivity index (χ3n) is 5.61. The Morgan fingerprint density at radius 1 is 1.21 bits per heavy atom. The van der Waals surface area contributed by atoms with Crippen LogP contribution in [0.15, 0.2) is 36.7 Å². The van der Waals surface area contributed by atoms with E-state index in [1.807, 2.05) is 0 Å². The number of carboxylic acids is 2. The molecule has 180 valence electrons. The molecule has 3 heterocycles. The van der Waals surface area contributed by atoms with Gasteiger partial charge in [0.15, 0.2) is 17.7 Å². The summed E-state index contributed by atoms with van der Waals surface area (Å²) in [7, 11) is 0. The number of aliphatic hydroxyl groups excluding tert-OH is 1. The van der Waals surface area contributed by atoms with E-state index in [2.05, 4.69) is 15.0 Å². The summed E-state index contributed by atoms with van der Waals surface area (Å²) in [6.07, 6.45) is -2.57. The summed E-state index contributed by atoms with van der Waals surface area (Å²) in [6.45, 7) is -0.523. The van der Waals surface area contributed by atoms with Gasteiger partial charge in [0, 0.05) is 6.42 Å². The monoisotopic (exact) mass is 492 g/mol. The molecule has 1 aromatic carbocycles. The van der Waals surface area contributed by atoms with Crippen LogP contribution in [-0.4, -0.2) is 77.2 Å². The Kier molecular flexibility index (Phi) is 6.38. The molecule has 34 heavy (non-hydrogen) atoms. The highest BCUT2D eigenvalue weighted by molar-refractivity contribution is 6.28. The van der Waals surface area contributed by atoms with Crippen LogP contribution in [0.25, 0.3) is 11.2 Å². The van der Waals surface area contributed by atoms with Gasteiger partial charge in [0.1, 0.15) is 17.7 Å². The number of hydrogen-bond acceptors (Lipinski definition) is 10. The van der Waals surface area contributed by atoms with Gasteiger partial charge in [-0.15, -0.1) is 0 Å². The van der Waals surface area contributed by atoms with Gasteiger partial charge in [-0.3, -0.25) is 4.57 Å². The lowest BCUT2D eigenvalue weighted by atomic mass is 9.94. The van der Waals surface area contributed by atoms with E-state index in [0.717, 1.165) is 0 Å².